The van der Waals surface area contributed by atoms with E-state index < -0.39 is 0 Å². The van der Waals surface area contributed by atoms with E-state index in [0.29, 0.717) is 42.0 Å². The number of nitrogens with one attached hydrogen (secondary N) is 1. The molecule has 7 heteroatoms. The monoisotopic (exact) mass is 389 g/mol. The molecule has 1 aromatic carbocycles. The third-order valence-electron chi connectivity index (χ3n) is 3.94. The van der Waals surface area contributed by atoms with Crippen LogP contribution in [0.1, 0.15) is 40.3 Å². The molecule has 0 bridgehead atoms. The Bertz CT molecular complexity index is 793. The van der Waals surface area contributed by atoms with Crippen LogP contribution in [0.5, 0.6) is 11.5 Å². The number of ether oxygens (including phenoxy) is 2. The molecule has 0 atom stereocenters. The lowest BCUT2D eigenvalue weighted by molar-refractivity contribution is 0.177. The van der Waals surface area contributed by atoms with Gasteiger partial charge in [-0.1, -0.05) is 19.0 Å². The summed E-state index contributed by atoms with van der Waals surface area (Å²) in [5, 5.41) is 7.17. The van der Waals surface area contributed by atoms with Gasteiger partial charge >= 0.3 is 6.03 Å². The minimum absolute atomic E-state index is 0.121. The summed E-state index contributed by atoms with van der Waals surface area (Å²) in [6.45, 7) is 11.0. The number of benzene rings is 1. The zero-order chi connectivity index (χ0) is 20.9. The number of amides is 2. The molecule has 0 saturated heterocycles. The molecule has 0 unspecified atom stereocenters. The maximum absolute atomic E-state index is 12.7. The second-order valence-electron chi connectivity index (χ2n) is 8.20. The summed E-state index contributed by atoms with van der Waals surface area (Å²) in [4.78, 5) is 14.4. The van der Waals surface area contributed by atoms with Gasteiger partial charge in [0.15, 0.2) is 5.76 Å². The lowest BCUT2D eigenvalue weighted by Crippen LogP contribution is -2.49. The zero-order valence-electron chi connectivity index (χ0n) is 17.8. The first-order chi connectivity index (χ1) is 13.1. The fourth-order valence-corrected chi connectivity index (χ4v) is 2.78. The van der Waals surface area contributed by atoms with Crippen molar-refractivity contribution in [3.05, 3.63) is 30.0 Å². The van der Waals surface area contributed by atoms with Crippen molar-refractivity contribution in [1.29, 1.82) is 0 Å². The van der Waals surface area contributed by atoms with E-state index >= 15 is 0 Å². The minimum atomic E-state index is -0.310. The topological polar surface area (TPSA) is 76.8 Å². The number of urea groups is 1. The molecule has 1 heterocycles. The highest BCUT2D eigenvalue weighted by molar-refractivity contribution is 5.75. The van der Waals surface area contributed by atoms with Crippen LogP contribution < -0.4 is 14.8 Å². The van der Waals surface area contributed by atoms with Crippen molar-refractivity contribution in [2.45, 2.75) is 46.7 Å². The molecule has 2 amide bonds. The molecular weight excluding hydrogens is 358 g/mol. The number of carbonyl (C=O) groups is 1. The SMILES string of the molecule is COc1ccc(OC)c(-c2cc(CN(CC(C)C)C(=O)NC(C)(C)C)no2)c1. The zero-order valence-corrected chi connectivity index (χ0v) is 17.8. The Hall–Kier alpha value is -2.70. The van der Waals surface area contributed by atoms with E-state index in [9.17, 15) is 4.79 Å². The number of rotatable bonds is 7. The fourth-order valence-electron chi connectivity index (χ4n) is 2.78. The average Bonchev–Trinajstić information content (AvgIpc) is 3.07. The molecule has 1 aromatic heterocycles. The number of hydrogen-bond acceptors (Lipinski definition) is 5. The van der Waals surface area contributed by atoms with Gasteiger partial charge < -0.3 is 24.2 Å². The van der Waals surface area contributed by atoms with Crippen molar-refractivity contribution in [2.24, 2.45) is 5.92 Å². The molecule has 0 aliphatic heterocycles. The normalized spacial score (nSPS) is 11.4. The molecule has 7 nitrogen and oxygen atoms in total. The van der Waals surface area contributed by atoms with E-state index in [1.807, 2.05) is 45.0 Å². The quantitative estimate of drug-likeness (QED) is 0.763. The van der Waals surface area contributed by atoms with Gasteiger partial charge in [0.2, 0.25) is 0 Å². The van der Waals surface area contributed by atoms with Gasteiger partial charge in [-0.3, -0.25) is 0 Å². The van der Waals surface area contributed by atoms with Crippen LogP contribution in [-0.4, -0.2) is 42.4 Å². The Labute approximate surface area is 167 Å². The molecule has 0 radical (unpaired) electrons. The Morgan fingerprint density at radius 3 is 2.50 bits per heavy atom. The first-order valence-electron chi connectivity index (χ1n) is 9.38. The smallest absolute Gasteiger partial charge is 0.318 e. The Balaban J connectivity index is 2.25. The van der Waals surface area contributed by atoms with Gasteiger partial charge in [-0.2, -0.15) is 0 Å². The summed E-state index contributed by atoms with van der Waals surface area (Å²) in [6, 6.07) is 7.18. The molecule has 1 N–H and O–H groups in total. The van der Waals surface area contributed by atoms with Crippen LogP contribution >= 0.6 is 0 Å². The summed E-state index contributed by atoms with van der Waals surface area (Å²) >= 11 is 0. The number of hydrogen-bond donors (Lipinski definition) is 1. The number of aromatic nitrogens is 1. The molecular formula is C21H31N3O4. The van der Waals surface area contributed by atoms with Gasteiger partial charge in [-0.05, 0) is 44.9 Å². The van der Waals surface area contributed by atoms with Gasteiger partial charge in [0, 0.05) is 18.2 Å². The minimum Gasteiger partial charge on any atom is -0.497 e. The third kappa shape index (κ3) is 5.90. The van der Waals surface area contributed by atoms with Crippen LogP contribution in [0.25, 0.3) is 11.3 Å². The summed E-state index contributed by atoms with van der Waals surface area (Å²) in [5.74, 6) is 2.25. The molecule has 0 aliphatic carbocycles. The van der Waals surface area contributed by atoms with Gasteiger partial charge in [-0.15, -0.1) is 0 Å². The number of carbonyl (C=O) groups excluding carboxylic acids is 1. The van der Waals surface area contributed by atoms with Gasteiger partial charge in [0.1, 0.15) is 17.2 Å². The molecule has 0 spiro atoms. The predicted octanol–water partition coefficient (Wildman–Crippen LogP) is 4.32. The molecule has 2 rings (SSSR count). The van der Waals surface area contributed by atoms with E-state index in [1.165, 1.54) is 0 Å². The standard InChI is InChI=1S/C21H31N3O4/c1-14(2)12-24(20(25)22-21(3,4)5)13-15-10-19(28-23-15)17-11-16(26-6)8-9-18(17)27-7/h8-11,14H,12-13H2,1-7H3,(H,22,25). The van der Waals surface area contributed by atoms with E-state index in [0.717, 1.165) is 5.56 Å². The molecule has 0 aliphatic rings. The maximum atomic E-state index is 12.7. The van der Waals surface area contributed by atoms with E-state index in [4.69, 9.17) is 14.0 Å². The van der Waals surface area contributed by atoms with Crippen LogP contribution in [-0.2, 0) is 6.54 Å². The summed E-state index contributed by atoms with van der Waals surface area (Å²) in [5.41, 5.74) is 1.11. The van der Waals surface area contributed by atoms with E-state index in [1.54, 1.807) is 19.1 Å². The summed E-state index contributed by atoms with van der Waals surface area (Å²) < 4.78 is 16.2. The lowest BCUT2D eigenvalue weighted by Gasteiger charge is -2.29. The Morgan fingerprint density at radius 1 is 1.21 bits per heavy atom. The molecule has 28 heavy (non-hydrogen) atoms. The van der Waals surface area contributed by atoms with Crippen LogP contribution in [0, 0.1) is 5.92 Å². The first-order valence-corrected chi connectivity index (χ1v) is 9.38. The highest BCUT2D eigenvalue weighted by Crippen LogP contribution is 2.33. The van der Waals surface area contributed by atoms with Crippen LogP contribution in [0.2, 0.25) is 0 Å². The van der Waals surface area contributed by atoms with E-state index in [2.05, 4.69) is 24.3 Å². The predicted molar refractivity (Wildman–Crippen MR) is 109 cm³/mol. The maximum Gasteiger partial charge on any atom is 0.318 e. The van der Waals surface area contributed by atoms with Crippen LogP contribution in [0.3, 0.4) is 0 Å². The van der Waals surface area contributed by atoms with Gasteiger partial charge in [-0.25, -0.2) is 4.79 Å². The third-order valence-corrected chi connectivity index (χ3v) is 3.94. The van der Waals surface area contributed by atoms with Crippen molar-refractivity contribution in [1.82, 2.24) is 15.4 Å². The van der Waals surface area contributed by atoms with Crippen molar-refractivity contribution in [2.75, 3.05) is 20.8 Å². The van der Waals surface area contributed by atoms with E-state index in [-0.39, 0.29) is 11.6 Å². The highest BCUT2D eigenvalue weighted by atomic mass is 16.5. The number of nitrogens with zero attached hydrogens (tertiary/aromatic N) is 2. The summed E-state index contributed by atoms with van der Waals surface area (Å²) in [7, 11) is 3.21. The molecule has 0 saturated carbocycles. The molecule has 0 fully saturated rings. The molecule has 2 aromatic rings. The average molecular weight is 389 g/mol. The molecule has 154 valence electrons. The van der Waals surface area contributed by atoms with Crippen molar-refractivity contribution in [3.8, 4) is 22.8 Å². The fraction of sp³-hybridized carbons (Fsp3) is 0.524. The van der Waals surface area contributed by atoms with Crippen molar-refractivity contribution >= 4 is 6.03 Å². The largest absolute Gasteiger partial charge is 0.497 e. The summed E-state index contributed by atoms with van der Waals surface area (Å²) in [6.07, 6.45) is 0. The second kappa shape index (κ2) is 8.99. The van der Waals surface area contributed by atoms with Gasteiger partial charge in [0.05, 0.1) is 26.3 Å². The van der Waals surface area contributed by atoms with Crippen LogP contribution in [0.15, 0.2) is 28.8 Å². The lowest BCUT2D eigenvalue weighted by atomic mass is 10.1. The van der Waals surface area contributed by atoms with Crippen LogP contribution in [0.4, 0.5) is 4.79 Å². The van der Waals surface area contributed by atoms with Crippen molar-refractivity contribution < 1.29 is 18.8 Å². The Morgan fingerprint density at radius 2 is 1.93 bits per heavy atom. The first kappa shape index (κ1) is 21.6. The second-order valence-corrected chi connectivity index (χ2v) is 8.20. The Kier molecular flexibility index (Phi) is 6.94. The van der Waals surface area contributed by atoms with Crippen molar-refractivity contribution in [3.63, 3.8) is 0 Å². The van der Waals surface area contributed by atoms with Gasteiger partial charge in [0.25, 0.3) is 0 Å². The number of methoxy groups -OCH3 is 2. The highest BCUT2D eigenvalue weighted by Gasteiger charge is 2.22.